The Labute approximate surface area is 378 Å². The van der Waals surface area contributed by atoms with E-state index in [1.807, 2.05) is 69.2 Å². The second-order valence-corrected chi connectivity index (χ2v) is 18.8. The van der Waals surface area contributed by atoms with E-state index in [4.69, 9.17) is 14.3 Å². The van der Waals surface area contributed by atoms with E-state index in [9.17, 15) is 48.3 Å². The molecule has 0 aromatic carbocycles. The fraction of sp³-hybridized carbons (Fsp3) is 0.778. The van der Waals surface area contributed by atoms with Crippen molar-refractivity contribution in [3.63, 3.8) is 0 Å². The Bertz CT molecular complexity index is 1610. The molecule has 1 rings (SSSR count). The van der Waals surface area contributed by atoms with E-state index in [-0.39, 0.29) is 74.3 Å². The predicted octanol–water partition coefficient (Wildman–Crippen LogP) is 2.73. The molecule has 19 heteroatoms. The molecular formula is C45H76N6O13. The van der Waals surface area contributed by atoms with Gasteiger partial charge in [0.1, 0.15) is 36.3 Å². The Hall–Kier alpha value is -5.19. The summed E-state index contributed by atoms with van der Waals surface area (Å²) >= 11 is 0. The predicted molar refractivity (Wildman–Crippen MR) is 234 cm³/mol. The standard InChI is InChI=1S/C44H76N6O11.CO2/c1-13-31-41(57)48-34(18-26(8)9)43(59)49-33(17-25(6)7)42(58)45-28(12)39(55)47-32(22-38(53)54)36(51)20-29(16-24(4)5)40(56)50-35(19-27(10)11)44(60)61-30(15-14-23(2)3)21-37(52)46-31;2-1-3/h23-35H,13-22H2,1-12H3,(H,45,58)(H,46,52)(H,47,55)(H,48,57)(H,49,59)(H,50,56)(H,53,54);/t28-,29-,30+,31?,32-,33+,34-,35-;/m0./s1. The average Bonchev–Trinajstić information content (AvgIpc) is 3.16. The highest BCUT2D eigenvalue weighted by Crippen LogP contribution is 2.21. The number of cyclic esters (lactones) is 1. The largest absolute Gasteiger partial charge is 0.481 e. The summed E-state index contributed by atoms with van der Waals surface area (Å²) in [6, 6.07) is -7.33. The van der Waals surface area contributed by atoms with Crippen molar-refractivity contribution in [2.24, 2.45) is 35.5 Å². The molecule has 0 spiro atoms. The second kappa shape index (κ2) is 30.0. The molecule has 364 valence electrons. The number of hydrogen-bond donors (Lipinski definition) is 7. The number of rotatable bonds is 14. The number of carbonyl (C=O) groups excluding carboxylic acids is 10. The van der Waals surface area contributed by atoms with Gasteiger partial charge in [0.25, 0.3) is 0 Å². The van der Waals surface area contributed by atoms with Crippen LogP contribution in [0.1, 0.15) is 147 Å². The molecule has 6 amide bonds. The third-order valence-corrected chi connectivity index (χ3v) is 10.2. The average molecular weight is 909 g/mol. The third kappa shape index (κ3) is 24.0. The number of ether oxygens (including phenoxy) is 1. The van der Waals surface area contributed by atoms with Gasteiger partial charge in [-0.15, -0.1) is 0 Å². The van der Waals surface area contributed by atoms with Crippen molar-refractivity contribution >= 4 is 59.3 Å². The molecule has 1 saturated heterocycles. The molecule has 0 radical (unpaired) electrons. The normalized spacial score (nSPS) is 25.4. The zero-order valence-electron chi connectivity index (χ0n) is 39.9. The molecule has 64 heavy (non-hydrogen) atoms. The molecule has 0 aromatic heterocycles. The summed E-state index contributed by atoms with van der Waals surface area (Å²) in [5.74, 6) is -8.22. The van der Waals surface area contributed by atoms with Gasteiger partial charge in [-0.25, -0.2) is 4.79 Å². The van der Waals surface area contributed by atoms with Gasteiger partial charge in [-0.3, -0.25) is 38.4 Å². The second-order valence-electron chi connectivity index (χ2n) is 18.8. The van der Waals surface area contributed by atoms with Crippen molar-refractivity contribution in [2.75, 3.05) is 0 Å². The van der Waals surface area contributed by atoms with Gasteiger partial charge in [0.2, 0.25) is 35.4 Å². The van der Waals surface area contributed by atoms with Crippen LogP contribution in [-0.4, -0.2) is 107 Å². The molecule has 8 atom stereocenters. The number of Topliss-reactive ketones (excluding diaryl/α,β-unsaturated/α-hetero) is 1. The van der Waals surface area contributed by atoms with Crippen molar-refractivity contribution < 1.29 is 62.6 Å². The van der Waals surface area contributed by atoms with Crippen LogP contribution >= 0.6 is 0 Å². The highest BCUT2D eigenvalue weighted by atomic mass is 16.5. The fourth-order valence-corrected chi connectivity index (χ4v) is 7.04. The van der Waals surface area contributed by atoms with Crippen LogP contribution in [0.3, 0.4) is 0 Å². The number of amides is 6. The molecule has 19 nitrogen and oxygen atoms in total. The zero-order valence-corrected chi connectivity index (χ0v) is 39.9. The molecule has 1 fully saturated rings. The van der Waals surface area contributed by atoms with Gasteiger partial charge in [-0.1, -0.05) is 76.2 Å². The van der Waals surface area contributed by atoms with E-state index in [1.165, 1.54) is 6.92 Å². The van der Waals surface area contributed by atoms with E-state index in [2.05, 4.69) is 31.9 Å². The lowest BCUT2D eigenvalue weighted by Gasteiger charge is -2.27. The molecule has 0 aromatic rings. The number of nitrogens with one attached hydrogen (secondary N) is 6. The molecule has 1 aliphatic rings. The third-order valence-electron chi connectivity index (χ3n) is 10.2. The van der Waals surface area contributed by atoms with Gasteiger partial charge in [0.15, 0.2) is 5.78 Å². The van der Waals surface area contributed by atoms with E-state index >= 15 is 0 Å². The van der Waals surface area contributed by atoms with Gasteiger partial charge in [-0.2, -0.15) is 9.59 Å². The van der Waals surface area contributed by atoms with Gasteiger partial charge < -0.3 is 41.7 Å². The van der Waals surface area contributed by atoms with Crippen LogP contribution < -0.4 is 31.9 Å². The topological polar surface area (TPSA) is 289 Å². The molecule has 1 unspecified atom stereocenters. The lowest BCUT2D eigenvalue weighted by atomic mass is 9.88. The van der Waals surface area contributed by atoms with Gasteiger partial charge >= 0.3 is 18.1 Å². The minimum Gasteiger partial charge on any atom is -0.481 e. The van der Waals surface area contributed by atoms with Gasteiger partial charge in [0, 0.05) is 12.3 Å². The molecule has 0 saturated carbocycles. The molecule has 1 heterocycles. The van der Waals surface area contributed by atoms with Crippen molar-refractivity contribution in [1.29, 1.82) is 0 Å². The number of esters is 1. The van der Waals surface area contributed by atoms with Crippen molar-refractivity contribution in [2.45, 2.75) is 190 Å². The molecule has 7 N–H and O–H groups in total. The summed E-state index contributed by atoms with van der Waals surface area (Å²) in [5, 5.41) is 25.6. The first-order valence-corrected chi connectivity index (χ1v) is 22.5. The highest BCUT2D eigenvalue weighted by Gasteiger charge is 2.36. The summed E-state index contributed by atoms with van der Waals surface area (Å²) < 4.78 is 5.94. The van der Waals surface area contributed by atoms with Crippen LogP contribution in [0.5, 0.6) is 0 Å². The number of hydrogen-bond acceptors (Lipinski definition) is 12. The Kier molecular flexibility index (Phi) is 27.6. The van der Waals surface area contributed by atoms with Crippen LogP contribution in [-0.2, 0) is 57.5 Å². The minimum absolute atomic E-state index is 0.0781. The van der Waals surface area contributed by atoms with E-state index in [0.717, 1.165) is 0 Å². The quantitative estimate of drug-likeness (QED) is 0.124. The first kappa shape index (κ1) is 58.8. The maximum absolute atomic E-state index is 14.0. The van der Waals surface area contributed by atoms with Crippen LogP contribution in [0.15, 0.2) is 0 Å². The smallest absolute Gasteiger partial charge is 0.373 e. The summed E-state index contributed by atoms with van der Waals surface area (Å²) in [4.78, 5) is 138. The number of carboxylic acids is 1. The van der Waals surface area contributed by atoms with Crippen molar-refractivity contribution in [3.05, 3.63) is 0 Å². The number of carboxylic acid groups (broad SMARTS) is 1. The lowest BCUT2D eigenvalue weighted by molar-refractivity contribution is -0.192. The lowest BCUT2D eigenvalue weighted by Crippen LogP contribution is -2.58. The van der Waals surface area contributed by atoms with Crippen LogP contribution in [0, 0.1) is 35.5 Å². The maximum Gasteiger partial charge on any atom is 0.373 e. The summed E-state index contributed by atoms with van der Waals surface area (Å²) in [6.45, 7) is 21.7. The highest BCUT2D eigenvalue weighted by molar-refractivity contribution is 5.98. The van der Waals surface area contributed by atoms with Crippen LogP contribution in [0.2, 0.25) is 0 Å². The summed E-state index contributed by atoms with van der Waals surface area (Å²) in [7, 11) is 0. The Morgan fingerprint density at radius 3 is 1.48 bits per heavy atom. The van der Waals surface area contributed by atoms with E-state index in [1.54, 1.807) is 6.92 Å². The summed E-state index contributed by atoms with van der Waals surface area (Å²) in [5.41, 5.74) is 0. The van der Waals surface area contributed by atoms with Crippen LogP contribution in [0.4, 0.5) is 0 Å². The fourth-order valence-electron chi connectivity index (χ4n) is 7.04. The number of aliphatic carboxylic acids is 1. The molecular weight excluding hydrogens is 833 g/mol. The Balaban J connectivity index is 0.0000128. The molecule has 0 bridgehead atoms. The van der Waals surface area contributed by atoms with Crippen molar-refractivity contribution in [1.82, 2.24) is 31.9 Å². The monoisotopic (exact) mass is 909 g/mol. The van der Waals surface area contributed by atoms with Gasteiger partial charge in [-0.05, 0) is 81.5 Å². The van der Waals surface area contributed by atoms with E-state index < -0.39 is 114 Å². The maximum atomic E-state index is 14.0. The SMILES string of the molecule is CCC1NC(=O)C[C@@H](CCC(C)C)OC(=O)[C@H](CC(C)C)NC(=O)[C@@H](CC(C)C)CC(=O)[C@H](CC(=O)O)NC(=O)[C@H](C)NC(=O)[C@@H](CC(C)C)NC(=O)[C@H](CC(C)C)NC1=O.O=C=O. The van der Waals surface area contributed by atoms with Gasteiger partial charge in [0.05, 0.1) is 18.9 Å². The first-order valence-electron chi connectivity index (χ1n) is 22.5. The molecule has 1 aliphatic heterocycles. The van der Waals surface area contributed by atoms with E-state index in [0.29, 0.717) is 12.8 Å². The first-order chi connectivity index (χ1) is 29.7. The molecule has 0 aliphatic carbocycles. The van der Waals surface area contributed by atoms with Crippen molar-refractivity contribution in [3.8, 4) is 0 Å². The minimum atomic E-state index is -1.57. The summed E-state index contributed by atoms with van der Waals surface area (Å²) in [6.07, 6.45) is -0.458. The zero-order chi connectivity index (χ0) is 49.4. The number of ketones is 1. The Morgan fingerprint density at radius 2 is 1.03 bits per heavy atom. The Morgan fingerprint density at radius 1 is 0.594 bits per heavy atom. The van der Waals surface area contributed by atoms with Crippen LogP contribution in [0.25, 0.3) is 0 Å². The number of carbonyl (C=O) groups is 9.